The Morgan fingerprint density at radius 1 is 1.52 bits per heavy atom. The average Bonchev–Trinajstić information content (AvgIpc) is 2.78. The smallest absolute Gasteiger partial charge is 0.313 e. The van der Waals surface area contributed by atoms with Crippen molar-refractivity contribution in [3.05, 3.63) is 35.9 Å². The number of hydrogen-bond donors (Lipinski definition) is 1. The topological polar surface area (TPSA) is 55.1 Å². The molecule has 7 heteroatoms. The second kappa shape index (κ2) is 7.77. The van der Waals surface area contributed by atoms with Crippen LogP contribution in [0.2, 0.25) is 5.02 Å². The summed E-state index contributed by atoms with van der Waals surface area (Å²) >= 11 is 9.00. The molecule has 0 radical (unpaired) electrons. The molecule has 1 aromatic carbocycles. The number of carboxylic acid groups (broad SMARTS) is 1. The Hall–Kier alpha value is -1.11. The summed E-state index contributed by atoms with van der Waals surface area (Å²) in [4.78, 5) is 15.3. The maximum Gasteiger partial charge on any atom is 0.313 e. The summed E-state index contributed by atoms with van der Waals surface area (Å²) < 4.78 is 2.05. The van der Waals surface area contributed by atoms with Crippen molar-refractivity contribution < 1.29 is 9.90 Å². The number of rotatable bonds is 8. The lowest BCUT2D eigenvalue weighted by Crippen LogP contribution is -2.05. The van der Waals surface area contributed by atoms with Crippen LogP contribution in [0.4, 0.5) is 0 Å². The monoisotopic (exact) mass is 342 g/mol. The molecule has 0 bridgehead atoms. The van der Waals surface area contributed by atoms with E-state index in [9.17, 15) is 4.79 Å². The van der Waals surface area contributed by atoms with Crippen molar-refractivity contribution in [3.63, 3.8) is 0 Å². The van der Waals surface area contributed by atoms with Gasteiger partial charge in [0.1, 0.15) is 0 Å². The van der Waals surface area contributed by atoms with Crippen molar-refractivity contribution in [1.29, 1.82) is 0 Å². The summed E-state index contributed by atoms with van der Waals surface area (Å²) in [6.45, 7) is 4.47. The molecule has 2 rings (SSSR count). The van der Waals surface area contributed by atoms with E-state index in [0.717, 1.165) is 29.1 Å². The molecule has 1 aromatic heterocycles. The molecule has 0 unspecified atom stereocenters. The predicted octanol–water partition coefficient (Wildman–Crippen LogP) is 3.79. The minimum absolute atomic E-state index is 0.00312. The third-order valence-electron chi connectivity index (χ3n) is 2.69. The fourth-order valence-electron chi connectivity index (χ4n) is 1.86. The number of thioether (sulfide) groups is 2. The second-order valence-electron chi connectivity index (χ2n) is 4.23. The van der Waals surface area contributed by atoms with E-state index in [0.29, 0.717) is 10.2 Å². The number of imidazole rings is 1. The first-order valence-corrected chi connectivity index (χ1v) is 8.82. The highest BCUT2D eigenvalue weighted by Gasteiger charge is 2.12. The number of nitrogens with zero attached hydrogens (tertiary/aromatic N) is 2. The van der Waals surface area contributed by atoms with Gasteiger partial charge >= 0.3 is 5.97 Å². The van der Waals surface area contributed by atoms with Crippen molar-refractivity contribution in [1.82, 2.24) is 9.55 Å². The van der Waals surface area contributed by atoms with Gasteiger partial charge in [-0.05, 0) is 18.2 Å². The molecule has 1 N–H and O–H groups in total. The average molecular weight is 343 g/mol. The van der Waals surface area contributed by atoms with E-state index in [1.54, 1.807) is 17.8 Å². The molecule has 0 atom stereocenters. The quantitative estimate of drug-likeness (QED) is 0.449. The molecule has 2 aromatic rings. The Bertz CT molecular complexity index is 658. The maximum absolute atomic E-state index is 10.8. The van der Waals surface area contributed by atoms with Crippen LogP contribution in [-0.4, -0.2) is 37.9 Å². The zero-order valence-electron chi connectivity index (χ0n) is 11.3. The first-order valence-electron chi connectivity index (χ1n) is 6.31. The molecular weight excluding hydrogens is 328 g/mol. The Morgan fingerprint density at radius 2 is 2.33 bits per heavy atom. The molecule has 0 aliphatic carbocycles. The zero-order chi connectivity index (χ0) is 15.2. The summed E-state index contributed by atoms with van der Waals surface area (Å²) in [6, 6.07) is 5.55. The summed E-state index contributed by atoms with van der Waals surface area (Å²) in [5.41, 5.74) is 1.77. The SMILES string of the molecule is C=CCSCCn1c(SCC(=O)O)nc2cc(Cl)ccc21. The van der Waals surface area contributed by atoms with E-state index in [1.807, 2.05) is 18.2 Å². The second-order valence-corrected chi connectivity index (χ2v) is 6.75. The summed E-state index contributed by atoms with van der Waals surface area (Å²) in [5.74, 6) is 0.964. The normalized spacial score (nSPS) is 10.9. The van der Waals surface area contributed by atoms with Crippen LogP contribution < -0.4 is 0 Å². The molecule has 1 heterocycles. The first-order chi connectivity index (χ1) is 10.1. The third-order valence-corrected chi connectivity index (χ3v) is 4.83. The van der Waals surface area contributed by atoms with Gasteiger partial charge in [0.15, 0.2) is 5.16 Å². The van der Waals surface area contributed by atoms with Gasteiger partial charge in [-0.25, -0.2) is 4.98 Å². The van der Waals surface area contributed by atoms with E-state index in [1.165, 1.54) is 11.8 Å². The highest BCUT2D eigenvalue weighted by atomic mass is 35.5. The van der Waals surface area contributed by atoms with Gasteiger partial charge in [-0.3, -0.25) is 4.79 Å². The van der Waals surface area contributed by atoms with E-state index in [4.69, 9.17) is 16.7 Å². The molecule has 0 fully saturated rings. The molecule has 4 nitrogen and oxygen atoms in total. The highest BCUT2D eigenvalue weighted by molar-refractivity contribution is 8.00. The number of aryl methyl sites for hydroxylation is 1. The Labute approximate surface area is 136 Å². The van der Waals surface area contributed by atoms with Crippen LogP contribution in [0, 0.1) is 0 Å². The number of aromatic nitrogens is 2. The van der Waals surface area contributed by atoms with Gasteiger partial charge in [0.2, 0.25) is 0 Å². The highest BCUT2D eigenvalue weighted by Crippen LogP contribution is 2.26. The zero-order valence-corrected chi connectivity index (χ0v) is 13.7. The van der Waals surface area contributed by atoms with Crippen molar-refractivity contribution >= 4 is 52.1 Å². The van der Waals surface area contributed by atoms with Gasteiger partial charge in [-0.15, -0.1) is 6.58 Å². The predicted molar refractivity (Wildman–Crippen MR) is 90.6 cm³/mol. The van der Waals surface area contributed by atoms with Crippen LogP contribution in [0.25, 0.3) is 11.0 Å². The van der Waals surface area contributed by atoms with Crippen LogP contribution in [0.5, 0.6) is 0 Å². The molecule has 0 aliphatic rings. The third kappa shape index (κ3) is 4.43. The van der Waals surface area contributed by atoms with E-state index in [2.05, 4.69) is 16.1 Å². The van der Waals surface area contributed by atoms with Crippen molar-refractivity contribution in [3.8, 4) is 0 Å². The first kappa shape index (κ1) is 16.3. The van der Waals surface area contributed by atoms with Crippen molar-refractivity contribution in [2.75, 3.05) is 17.3 Å². The molecule has 21 heavy (non-hydrogen) atoms. The van der Waals surface area contributed by atoms with Crippen LogP contribution in [-0.2, 0) is 11.3 Å². The Kier molecular flexibility index (Phi) is 6.02. The standard InChI is InChI=1S/C14H15ClN2O2S2/c1-2-6-20-7-5-17-12-4-3-10(15)8-11(12)16-14(17)21-9-13(18)19/h2-4,8H,1,5-7,9H2,(H,18,19). The van der Waals surface area contributed by atoms with Crippen molar-refractivity contribution in [2.24, 2.45) is 0 Å². The summed E-state index contributed by atoms with van der Waals surface area (Å²) in [6.07, 6.45) is 1.87. The van der Waals surface area contributed by atoms with E-state index in [-0.39, 0.29) is 5.75 Å². The number of carbonyl (C=O) groups is 1. The molecule has 0 spiro atoms. The molecule has 0 saturated heterocycles. The van der Waals surface area contributed by atoms with Gasteiger partial charge in [-0.2, -0.15) is 11.8 Å². The van der Waals surface area contributed by atoms with Gasteiger partial charge in [-0.1, -0.05) is 29.4 Å². The molecule has 0 amide bonds. The fraction of sp³-hybridized carbons (Fsp3) is 0.286. The number of benzene rings is 1. The number of hydrogen-bond acceptors (Lipinski definition) is 4. The van der Waals surface area contributed by atoms with Gasteiger partial charge in [0, 0.05) is 23.1 Å². The number of carboxylic acids is 1. The lowest BCUT2D eigenvalue weighted by Gasteiger charge is -2.07. The Balaban J connectivity index is 2.25. The Morgan fingerprint density at radius 3 is 3.05 bits per heavy atom. The van der Waals surface area contributed by atoms with Gasteiger partial charge in [0.05, 0.1) is 16.8 Å². The summed E-state index contributed by atoms with van der Waals surface area (Å²) in [7, 11) is 0. The summed E-state index contributed by atoms with van der Waals surface area (Å²) in [5, 5.41) is 10.2. The molecule has 0 saturated carbocycles. The van der Waals surface area contributed by atoms with Crippen LogP contribution in [0.1, 0.15) is 0 Å². The van der Waals surface area contributed by atoms with Gasteiger partial charge in [0.25, 0.3) is 0 Å². The maximum atomic E-state index is 10.8. The molecule has 112 valence electrons. The van der Waals surface area contributed by atoms with E-state index >= 15 is 0 Å². The van der Waals surface area contributed by atoms with Crippen LogP contribution in [0.15, 0.2) is 36.0 Å². The minimum Gasteiger partial charge on any atom is -0.481 e. The van der Waals surface area contributed by atoms with E-state index < -0.39 is 5.97 Å². The number of halogens is 1. The lowest BCUT2D eigenvalue weighted by molar-refractivity contribution is -0.133. The van der Waals surface area contributed by atoms with Crippen LogP contribution >= 0.6 is 35.1 Å². The molecular formula is C14H15ClN2O2S2. The lowest BCUT2D eigenvalue weighted by atomic mass is 10.3. The van der Waals surface area contributed by atoms with Gasteiger partial charge < -0.3 is 9.67 Å². The number of fused-ring (bicyclic) bond motifs is 1. The number of aliphatic carboxylic acids is 1. The van der Waals surface area contributed by atoms with Crippen molar-refractivity contribution in [2.45, 2.75) is 11.7 Å². The molecule has 0 aliphatic heterocycles. The largest absolute Gasteiger partial charge is 0.481 e. The minimum atomic E-state index is -0.849. The van der Waals surface area contributed by atoms with Crippen LogP contribution in [0.3, 0.4) is 0 Å². The fourth-order valence-corrected chi connectivity index (χ4v) is 3.43.